The first-order valence-corrected chi connectivity index (χ1v) is 9.48. The Kier molecular flexibility index (Phi) is 8.62. The fourth-order valence-electron chi connectivity index (χ4n) is 3.46. The van der Waals surface area contributed by atoms with Crippen molar-refractivity contribution < 1.29 is 9.59 Å². The van der Waals surface area contributed by atoms with Crippen molar-refractivity contribution in [3.63, 3.8) is 0 Å². The number of hydrogen-bond acceptors (Lipinski definition) is 3. The van der Waals surface area contributed by atoms with Crippen LogP contribution in [-0.2, 0) is 4.79 Å². The molecule has 1 heterocycles. The lowest BCUT2D eigenvalue weighted by molar-refractivity contribution is -0.130. The largest absolute Gasteiger partial charge is 0.356 e. The zero-order chi connectivity index (χ0) is 18.5. The first-order valence-electron chi connectivity index (χ1n) is 9.48. The molecular formula is C18H34IN5O2. The molecule has 1 atom stereocenters. The Balaban J connectivity index is 0.00000338. The van der Waals surface area contributed by atoms with Crippen molar-refractivity contribution in [1.29, 1.82) is 0 Å². The van der Waals surface area contributed by atoms with Gasteiger partial charge in [-0.1, -0.05) is 20.3 Å². The number of nitrogens with zero attached hydrogens (tertiary/aromatic N) is 2. The van der Waals surface area contributed by atoms with Gasteiger partial charge in [0.2, 0.25) is 0 Å². The highest BCUT2D eigenvalue weighted by Gasteiger charge is 2.45. The summed E-state index contributed by atoms with van der Waals surface area (Å²) >= 11 is 0. The Morgan fingerprint density at radius 2 is 1.92 bits per heavy atom. The molecule has 0 aromatic carbocycles. The number of carbonyl (C=O) groups excluding carboxylic acids is 2. The number of hydrogen-bond donors (Lipinski definition) is 3. The van der Waals surface area contributed by atoms with Crippen LogP contribution >= 0.6 is 24.0 Å². The lowest BCUT2D eigenvalue weighted by atomic mass is 9.67. The van der Waals surface area contributed by atoms with Crippen LogP contribution in [0, 0.1) is 5.41 Å². The molecule has 0 aromatic rings. The molecule has 7 nitrogen and oxygen atoms in total. The van der Waals surface area contributed by atoms with Crippen molar-refractivity contribution in [2.75, 3.05) is 26.7 Å². The maximum Gasteiger partial charge on any atom is 0.325 e. The molecule has 0 radical (unpaired) electrons. The van der Waals surface area contributed by atoms with E-state index in [0.29, 0.717) is 31.3 Å². The second-order valence-electron chi connectivity index (χ2n) is 7.49. The highest BCUT2D eigenvalue weighted by Crippen LogP contribution is 2.42. The molecular weight excluding hydrogens is 445 g/mol. The third-order valence-corrected chi connectivity index (χ3v) is 5.92. The Morgan fingerprint density at radius 1 is 1.23 bits per heavy atom. The summed E-state index contributed by atoms with van der Waals surface area (Å²) in [5.74, 6) is 0.660. The van der Waals surface area contributed by atoms with Gasteiger partial charge in [-0.15, -0.1) is 24.0 Å². The number of carbonyl (C=O) groups is 2. The van der Waals surface area contributed by atoms with E-state index in [9.17, 15) is 9.59 Å². The van der Waals surface area contributed by atoms with Gasteiger partial charge in [0.25, 0.3) is 5.91 Å². The standard InChI is InChI=1S/C18H33N5O2.HI/c1-5-17(3)14(24)23(16(25)22-17)12-8-11-20-15(19-4)21-13-18(6-2)9-7-10-18;/h5-13H2,1-4H3,(H,22,25)(H2,19,20,21);1H. The van der Waals surface area contributed by atoms with Gasteiger partial charge in [0.1, 0.15) is 5.54 Å². The second-order valence-corrected chi connectivity index (χ2v) is 7.49. The molecule has 1 saturated carbocycles. The van der Waals surface area contributed by atoms with E-state index in [4.69, 9.17) is 0 Å². The van der Waals surface area contributed by atoms with E-state index in [1.807, 2.05) is 6.92 Å². The molecule has 1 saturated heterocycles. The summed E-state index contributed by atoms with van der Waals surface area (Å²) in [7, 11) is 1.76. The number of halogens is 1. The van der Waals surface area contributed by atoms with Crippen molar-refractivity contribution in [2.24, 2.45) is 10.4 Å². The normalized spacial score (nSPS) is 24.6. The lowest BCUT2D eigenvalue weighted by Gasteiger charge is -2.41. The fourth-order valence-corrected chi connectivity index (χ4v) is 3.46. The summed E-state index contributed by atoms with van der Waals surface area (Å²) in [4.78, 5) is 29.9. The highest BCUT2D eigenvalue weighted by molar-refractivity contribution is 14.0. The molecule has 26 heavy (non-hydrogen) atoms. The fraction of sp³-hybridized carbons (Fsp3) is 0.833. The summed E-state index contributed by atoms with van der Waals surface area (Å²) < 4.78 is 0. The number of amides is 3. The molecule has 0 aromatic heterocycles. The van der Waals surface area contributed by atoms with E-state index in [1.165, 1.54) is 30.6 Å². The zero-order valence-electron chi connectivity index (χ0n) is 16.5. The van der Waals surface area contributed by atoms with Crippen LogP contribution in [0.5, 0.6) is 0 Å². The molecule has 1 unspecified atom stereocenters. The number of guanidine groups is 1. The second kappa shape index (κ2) is 9.75. The molecule has 2 rings (SSSR count). The summed E-state index contributed by atoms with van der Waals surface area (Å²) in [6.07, 6.45) is 6.38. The van der Waals surface area contributed by atoms with E-state index < -0.39 is 5.54 Å². The van der Waals surface area contributed by atoms with Crippen LogP contribution in [0.4, 0.5) is 4.79 Å². The summed E-state index contributed by atoms with van der Waals surface area (Å²) in [5, 5.41) is 9.46. The molecule has 2 aliphatic rings. The van der Waals surface area contributed by atoms with Gasteiger partial charge >= 0.3 is 6.03 Å². The smallest absolute Gasteiger partial charge is 0.325 e. The lowest BCUT2D eigenvalue weighted by Crippen LogP contribution is -2.46. The van der Waals surface area contributed by atoms with Gasteiger partial charge < -0.3 is 16.0 Å². The topological polar surface area (TPSA) is 85.8 Å². The molecule has 8 heteroatoms. The van der Waals surface area contributed by atoms with Crippen LogP contribution in [0.25, 0.3) is 0 Å². The Labute approximate surface area is 174 Å². The van der Waals surface area contributed by atoms with Crippen LogP contribution in [0.2, 0.25) is 0 Å². The molecule has 150 valence electrons. The van der Waals surface area contributed by atoms with Crippen LogP contribution < -0.4 is 16.0 Å². The number of nitrogens with one attached hydrogen (secondary N) is 3. The van der Waals surface area contributed by atoms with Crippen molar-refractivity contribution in [3.05, 3.63) is 0 Å². The van der Waals surface area contributed by atoms with Gasteiger partial charge in [0.15, 0.2) is 5.96 Å². The van der Waals surface area contributed by atoms with E-state index in [1.54, 1.807) is 14.0 Å². The zero-order valence-corrected chi connectivity index (χ0v) is 18.8. The maximum absolute atomic E-state index is 12.3. The van der Waals surface area contributed by atoms with Crippen molar-refractivity contribution in [3.8, 4) is 0 Å². The van der Waals surface area contributed by atoms with E-state index in [0.717, 1.165) is 12.5 Å². The van der Waals surface area contributed by atoms with E-state index in [2.05, 4.69) is 27.9 Å². The monoisotopic (exact) mass is 479 g/mol. The molecule has 0 bridgehead atoms. The van der Waals surface area contributed by atoms with Gasteiger partial charge in [0.05, 0.1) is 0 Å². The third-order valence-electron chi connectivity index (χ3n) is 5.92. The average molecular weight is 479 g/mol. The first-order chi connectivity index (χ1) is 11.9. The van der Waals surface area contributed by atoms with E-state index in [-0.39, 0.29) is 35.9 Å². The number of urea groups is 1. The minimum absolute atomic E-state index is 0. The predicted molar refractivity (Wildman–Crippen MR) is 115 cm³/mol. The molecule has 2 fully saturated rings. The van der Waals surface area contributed by atoms with Crippen molar-refractivity contribution >= 4 is 41.9 Å². The van der Waals surface area contributed by atoms with Gasteiger partial charge in [0, 0.05) is 26.7 Å². The van der Waals surface area contributed by atoms with Crippen LogP contribution in [0.1, 0.15) is 59.3 Å². The SMILES string of the molecule is CCC1(CNC(=NC)NCCCN2C(=O)NC(C)(CC)C2=O)CCC1.I. The van der Waals surface area contributed by atoms with Gasteiger partial charge in [-0.3, -0.25) is 14.7 Å². The van der Waals surface area contributed by atoms with Crippen LogP contribution in [0.15, 0.2) is 4.99 Å². The summed E-state index contributed by atoms with van der Waals surface area (Å²) in [5.41, 5.74) is -0.318. The van der Waals surface area contributed by atoms with Gasteiger partial charge in [-0.05, 0) is 44.4 Å². The van der Waals surface area contributed by atoms with Crippen molar-refractivity contribution in [2.45, 2.75) is 64.8 Å². The summed E-state index contributed by atoms with van der Waals surface area (Å²) in [6.45, 7) is 7.97. The predicted octanol–water partition coefficient (Wildman–Crippen LogP) is 2.46. The third kappa shape index (κ3) is 5.01. The number of aliphatic imine (C=N–C) groups is 1. The van der Waals surface area contributed by atoms with E-state index >= 15 is 0 Å². The van der Waals surface area contributed by atoms with Crippen LogP contribution in [-0.4, -0.2) is 55.0 Å². The summed E-state index contributed by atoms with van der Waals surface area (Å²) in [6, 6.07) is -0.285. The number of rotatable bonds is 8. The minimum Gasteiger partial charge on any atom is -0.356 e. The first kappa shape index (κ1) is 23.0. The van der Waals surface area contributed by atoms with Crippen LogP contribution in [0.3, 0.4) is 0 Å². The number of imide groups is 1. The average Bonchev–Trinajstić information content (AvgIpc) is 2.79. The minimum atomic E-state index is -0.751. The Bertz CT molecular complexity index is 530. The Morgan fingerprint density at radius 3 is 2.38 bits per heavy atom. The maximum atomic E-state index is 12.3. The van der Waals surface area contributed by atoms with Gasteiger partial charge in [-0.2, -0.15) is 0 Å². The molecule has 0 spiro atoms. The quantitative estimate of drug-likeness (QED) is 0.164. The molecule has 1 aliphatic carbocycles. The molecule has 3 amide bonds. The van der Waals surface area contributed by atoms with Gasteiger partial charge in [-0.25, -0.2) is 4.79 Å². The molecule has 1 aliphatic heterocycles. The van der Waals surface area contributed by atoms with Crippen molar-refractivity contribution in [1.82, 2.24) is 20.9 Å². The Hall–Kier alpha value is -1.06. The molecule has 3 N–H and O–H groups in total. The highest BCUT2D eigenvalue weighted by atomic mass is 127.